The predicted molar refractivity (Wildman–Crippen MR) is 56.7 cm³/mol. The smallest absolute Gasteiger partial charge is 0.153 e. The van der Waals surface area contributed by atoms with Crippen LogP contribution in [-0.4, -0.2) is 25.5 Å². The SMILES string of the molecule is CCCS(=O)(=O)C1CC2CC(N)C1C2. The Kier molecular flexibility index (Phi) is 2.60. The molecule has 0 radical (unpaired) electrons. The number of hydrogen-bond acceptors (Lipinski definition) is 3. The van der Waals surface area contributed by atoms with Gasteiger partial charge in [-0.2, -0.15) is 0 Å². The van der Waals surface area contributed by atoms with Gasteiger partial charge in [0.2, 0.25) is 0 Å². The van der Waals surface area contributed by atoms with Crippen LogP contribution in [0.4, 0.5) is 0 Å². The highest BCUT2D eigenvalue weighted by Gasteiger charge is 2.49. The predicted octanol–water partition coefficient (Wildman–Crippen LogP) is 0.937. The van der Waals surface area contributed by atoms with E-state index < -0.39 is 9.84 Å². The van der Waals surface area contributed by atoms with Gasteiger partial charge in [-0.05, 0) is 37.5 Å². The average Bonchev–Trinajstić information content (AvgIpc) is 2.61. The molecule has 0 aromatic heterocycles. The number of rotatable bonds is 3. The highest BCUT2D eigenvalue weighted by molar-refractivity contribution is 7.92. The molecule has 4 heteroatoms. The Labute approximate surface area is 86.0 Å². The van der Waals surface area contributed by atoms with E-state index in [0.717, 1.165) is 25.7 Å². The van der Waals surface area contributed by atoms with Gasteiger partial charge in [0.25, 0.3) is 0 Å². The molecule has 0 aromatic carbocycles. The van der Waals surface area contributed by atoms with Crippen LogP contribution in [0.5, 0.6) is 0 Å². The second-order valence-electron chi connectivity index (χ2n) is 4.81. The summed E-state index contributed by atoms with van der Waals surface area (Å²) in [6.07, 6.45) is 3.70. The molecular weight excluding hydrogens is 198 g/mol. The van der Waals surface area contributed by atoms with Crippen LogP contribution in [0.3, 0.4) is 0 Å². The molecule has 2 fully saturated rings. The molecule has 0 saturated heterocycles. The van der Waals surface area contributed by atoms with E-state index in [4.69, 9.17) is 5.73 Å². The van der Waals surface area contributed by atoms with Crippen LogP contribution in [0.2, 0.25) is 0 Å². The molecule has 82 valence electrons. The summed E-state index contributed by atoms with van der Waals surface area (Å²) in [4.78, 5) is 0. The standard InChI is InChI=1S/C10H19NO2S/c1-2-3-14(12,13)10-6-7-4-8(10)9(11)5-7/h7-10H,2-6,11H2,1H3. The molecule has 0 amide bonds. The van der Waals surface area contributed by atoms with E-state index >= 15 is 0 Å². The Morgan fingerprint density at radius 2 is 2.00 bits per heavy atom. The average molecular weight is 217 g/mol. The third-order valence-corrected chi connectivity index (χ3v) is 6.20. The van der Waals surface area contributed by atoms with Crippen LogP contribution >= 0.6 is 0 Å². The fourth-order valence-electron chi connectivity index (χ4n) is 3.19. The van der Waals surface area contributed by atoms with E-state index in [9.17, 15) is 8.42 Å². The van der Waals surface area contributed by atoms with E-state index in [1.165, 1.54) is 0 Å². The van der Waals surface area contributed by atoms with Crippen molar-refractivity contribution in [3.63, 3.8) is 0 Å². The first-order valence-electron chi connectivity index (χ1n) is 5.51. The Morgan fingerprint density at radius 1 is 1.29 bits per heavy atom. The lowest BCUT2D eigenvalue weighted by Gasteiger charge is -2.26. The number of fused-ring (bicyclic) bond motifs is 2. The van der Waals surface area contributed by atoms with Gasteiger partial charge in [-0.15, -0.1) is 0 Å². The molecule has 0 spiro atoms. The third kappa shape index (κ3) is 1.58. The zero-order valence-corrected chi connectivity index (χ0v) is 9.46. The molecule has 2 bridgehead atoms. The summed E-state index contributed by atoms with van der Waals surface area (Å²) in [6, 6.07) is 0.144. The lowest BCUT2D eigenvalue weighted by molar-refractivity contribution is 0.411. The molecule has 2 N–H and O–H groups in total. The summed E-state index contributed by atoms with van der Waals surface area (Å²) in [6.45, 7) is 1.92. The van der Waals surface area contributed by atoms with Crippen molar-refractivity contribution in [2.45, 2.75) is 43.9 Å². The fourth-order valence-corrected chi connectivity index (χ4v) is 5.47. The second kappa shape index (κ2) is 3.49. The lowest BCUT2D eigenvalue weighted by atomic mass is 9.96. The molecule has 0 aliphatic heterocycles. The van der Waals surface area contributed by atoms with Crippen LogP contribution < -0.4 is 5.73 Å². The summed E-state index contributed by atoms with van der Waals surface area (Å²) in [5, 5.41) is -0.115. The van der Waals surface area contributed by atoms with E-state index in [1.807, 2.05) is 6.92 Å². The second-order valence-corrected chi connectivity index (χ2v) is 7.15. The van der Waals surface area contributed by atoms with Crippen molar-refractivity contribution in [2.24, 2.45) is 17.6 Å². The molecule has 14 heavy (non-hydrogen) atoms. The summed E-state index contributed by atoms with van der Waals surface area (Å²) in [5.74, 6) is 1.19. The van der Waals surface area contributed by atoms with Gasteiger partial charge in [-0.3, -0.25) is 0 Å². The molecule has 0 aromatic rings. The molecule has 4 unspecified atom stereocenters. The Balaban J connectivity index is 2.14. The Hall–Kier alpha value is -0.0900. The van der Waals surface area contributed by atoms with Gasteiger partial charge in [-0.25, -0.2) is 8.42 Å². The molecule has 0 heterocycles. The third-order valence-electron chi connectivity index (χ3n) is 3.75. The van der Waals surface area contributed by atoms with Gasteiger partial charge in [0, 0.05) is 6.04 Å². The van der Waals surface area contributed by atoms with E-state index in [-0.39, 0.29) is 17.2 Å². The quantitative estimate of drug-likeness (QED) is 0.765. The van der Waals surface area contributed by atoms with Gasteiger partial charge < -0.3 is 5.73 Å². The van der Waals surface area contributed by atoms with Crippen molar-refractivity contribution in [1.29, 1.82) is 0 Å². The first-order valence-corrected chi connectivity index (χ1v) is 7.23. The number of sulfone groups is 1. The first kappa shape index (κ1) is 10.4. The molecule has 2 aliphatic rings. The highest BCUT2D eigenvalue weighted by Crippen LogP contribution is 2.46. The fraction of sp³-hybridized carbons (Fsp3) is 1.00. The van der Waals surface area contributed by atoms with Gasteiger partial charge >= 0.3 is 0 Å². The van der Waals surface area contributed by atoms with E-state index in [2.05, 4.69) is 0 Å². The van der Waals surface area contributed by atoms with Crippen molar-refractivity contribution in [1.82, 2.24) is 0 Å². The topological polar surface area (TPSA) is 60.2 Å². The minimum atomic E-state index is -2.85. The molecular formula is C10H19NO2S. The van der Waals surface area contributed by atoms with Crippen molar-refractivity contribution >= 4 is 9.84 Å². The van der Waals surface area contributed by atoms with E-state index in [0.29, 0.717) is 11.7 Å². The lowest BCUT2D eigenvalue weighted by Crippen LogP contribution is -2.40. The van der Waals surface area contributed by atoms with Gasteiger partial charge in [0.05, 0.1) is 11.0 Å². The Morgan fingerprint density at radius 3 is 2.50 bits per heavy atom. The monoisotopic (exact) mass is 217 g/mol. The normalized spacial score (nSPS) is 41.9. The van der Waals surface area contributed by atoms with Crippen molar-refractivity contribution < 1.29 is 8.42 Å². The summed E-state index contributed by atoms with van der Waals surface area (Å²) < 4.78 is 23.8. The maximum Gasteiger partial charge on any atom is 0.153 e. The maximum absolute atomic E-state index is 11.9. The van der Waals surface area contributed by atoms with Gasteiger partial charge in [0.15, 0.2) is 9.84 Å². The largest absolute Gasteiger partial charge is 0.327 e. The summed E-state index contributed by atoms with van der Waals surface area (Å²) >= 11 is 0. The molecule has 2 saturated carbocycles. The summed E-state index contributed by atoms with van der Waals surface area (Å²) in [5.41, 5.74) is 5.94. The minimum Gasteiger partial charge on any atom is -0.327 e. The van der Waals surface area contributed by atoms with Crippen LogP contribution in [0, 0.1) is 11.8 Å². The van der Waals surface area contributed by atoms with Crippen LogP contribution in [0.25, 0.3) is 0 Å². The molecule has 2 rings (SSSR count). The Bertz CT molecular complexity index is 312. The zero-order valence-electron chi connectivity index (χ0n) is 8.65. The van der Waals surface area contributed by atoms with E-state index in [1.54, 1.807) is 0 Å². The summed E-state index contributed by atoms with van der Waals surface area (Å²) in [7, 11) is -2.85. The molecule has 3 nitrogen and oxygen atoms in total. The number of nitrogens with two attached hydrogens (primary N) is 1. The number of hydrogen-bond donors (Lipinski definition) is 1. The molecule has 4 atom stereocenters. The van der Waals surface area contributed by atoms with Crippen LogP contribution in [0.15, 0.2) is 0 Å². The maximum atomic E-state index is 11.9. The van der Waals surface area contributed by atoms with Crippen molar-refractivity contribution in [3.05, 3.63) is 0 Å². The van der Waals surface area contributed by atoms with Crippen LogP contribution in [0.1, 0.15) is 32.6 Å². The van der Waals surface area contributed by atoms with Gasteiger partial charge in [0.1, 0.15) is 0 Å². The van der Waals surface area contributed by atoms with Gasteiger partial charge in [-0.1, -0.05) is 6.92 Å². The minimum absolute atomic E-state index is 0.115. The molecule has 2 aliphatic carbocycles. The zero-order chi connectivity index (χ0) is 10.3. The van der Waals surface area contributed by atoms with Crippen molar-refractivity contribution in [2.75, 3.05) is 5.75 Å². The van der Waals surface area contributed by atoms with Crippen LogP contribution in [-0.2, 0) is 9.84 Å². The first-order chi connectivity index (χ1) is 6.54. The van der Waals surface area contributed by atoms with Crippen molar-refractivity contribution in [3.8, 4) is 0 Å². The highest BCUT2D eigenvalue weighted by atomic mass is 32.2.